The highest BCUT2D eigenvalue weighted by Gasteiger charge is 2.27. The predicted octanol–water partition coefficient (Wildman–Crippen LogP) is 3.44. The van der Waals surface area contributed by atoms with E-state index < -0.39 is 0 Å². The van der Waals surface area contributed by atoms with Gasteiger partial charge in [0.15, 0.2) is 0 Å². The number of rotatable bonds is 3. The molecule has 1 aromatic heterocycles. The number of pyridine rings is 1. The van der Waals surface area contributed by atoms with Crippen molar-refractivity contribution >= 4 is 17.5 Å². The fourth-order valence-corrected chi connectivity index (χ4v) is 2.66. The molecule has 0 aliphatic heterocycles. The minimum absolute atomic E-state index is 0.135. The molecule has 1 heterocycles. The molecule has 0 unspecified atom stereocenters. The lowest BCUT2D eigenvalue weighted by Gasteiger charge is -2.33. The summed E-state index contributed by atoms with van der Waals surface area (Å²) in [4.78, 5) is 16.0. The average molecular weight is 267 g/mol. The zero-order valence-corrected chi connectivity index (χ0v) is 11.5. The van der Waals surface area contributed by atoms with Crippen LogP contribution >= 0.6 is 11.6 Å². The van der Waals surface area contributed by atoms with Gasteiger partial charge in [0, 0.05) is 6.54 Å². The summed E-state index contributed by atoms with van der Waals surface area (Å²) in [5, 5.41) is 3.33. The van der Waals surface area contributed by atoms with E-state index >= 15 is 0 Å². The Labute approximate surface area is 113 Å². The third-order valence-electron chi connectivity index (χ3n) is 3.68. The monoisotopic (exact) mass is 266 g/mol. The zero-order valence-electron chi connectivity index (χ0n) is 10.7. The topological polar surface area (TPSA) is 42.0 Å². The predicted molar refractivity (Wildman–Crippen MR) is 72.8 cm³/mol. The van der Waals surface area contributed by atoms with Gasteiger partial charge < -0.3 is 5.32 Å². The third kappa shape index (κ3) is 3.45. The van der Waals surface area contributed by atoms with Gasteiger partial charge in [0.2, 0.25) is 0 Å². The first-order valence-electron chi connectivity index (χ1n) is 6.50. The first kappa shape index (κ1) is 13.3. The smallest absolute Gasteiger partial charge is 0.269 e. The Balaban J connectivity index is 1.92. The maximum absolute atomic E-state index is 11.9. The fraction of sp³-hybridized carbons (Fsp3) is 0.571. The van der Waals surface area contributed by atoms with Crippen molar-refractivity contribution in [3.05, 3.63) is 29.0 Å². The molecule has 98 valence electrons. The standard InChI is InChI=1S/C14H19ClN2O/c1-14(8-3-2-4-9-14)10-16-13(18)11-6-5-7-12(15)17-11/h5-7H,2-4,8-10H2,1H3,(H,16,18). The quantitative estimate of drug-likeness (QED) is 0.852. The first-order valence-corrected chi connectivity index (χ1v) is 6.88. The van der Waals surface area contributed by atoms with Crippen LogP contribution in [0.15, 0.2) is 18.2 Å². The number of hydrogen-bond donors (Lipinski definition) is 1. The molecular formula is C14H19ClN2O. The molecule has 0 atom stereocenters. The molecule has 1 amide bonds. The van der Waals surface area contributed by atoms with Gasteiger partial charge in [-0.1, -0.05) is 43.9 Å². The molecule has 4 heteroatoms. The number of amides is 1. The van der Waals surface area contributed by atoms with Crippen molar-refractivity contribution in [2.45, 2.75) is 39.0 Å². The van der Waals surface area contributed by atoms with Crippen LogP contribution in [0.3, 0.4) is 0 Å². The zero-order chi connectivity index (χ0) is 13.0. The van der Waals surface area contributed by atoms with Gasteiger partial charge in [-0.15, -0.1) is 0 Å². The Kier molecular flexibility index (Phi) is 4.23. The van der Waals surface area contributed by atoms with Crippen LogP contribution in [-0.4, -0.2) is 17.4 Å². The molecule has 1 N–H and O–H groups in total. The molecule has 18 heavy (non-hydrogen) atoms. The normalized spacial score (nSPS) is 18.3. The molecule has 1 saturated carbocycles. The van der Waals surface area contributed by atoms with E-state index in [1.807, 2.05) is 0 Å². The molecule has 1 aliphatic rings. The van der Waals surface area contributed by atoms with Crippen molar-refractivity contribution in [1.82, 2.24) is 10.3 Å². The number of nitrogens with zero attached hydrogens (tertiary/aromatic N) is 1. The van der Waals surface area contributed by atoms with Gasteiger partial charge in [0.05, 0.1) is 0 Å². The minimum Gasteiger partial charge on any atom is -0.350 e. The molecule has 0 bridgehead atoms. The molecule has 0 aromatic carbocycles. The highest BCUT2D eigenvalue weighted by molar-refractivity contribution is 6.29. The summed E-state index contributed by atoms with van der Waals surface area (Å²) in [5.41, 5.74) is 0.633. The summed E-state index contributed by atoms with van der Waals surface area (Å²) in [6.07, 6.45) is 6.23. The summed E-state index contributed by atoms with van der Waals surface area (Å²) in [6.45, 7) is 2.97. The molecule has 1 aromatic rings. The molecule has 0 radical (unpaired) electrons. The lowest BCUT2D eigenvalue weighted by molar-refractivity contribution is 0.0914. The van der Waals surface area contributed by atoms with Crippen LogP contribution in [0.25, 0.3) is 0 Å². The van der Waals surface area contributed by atoms with Crippen molar-refractivity contribution in [2.75, 3.05) is 6.54 Å². The molecule has 1 aliphatic carbocycles. The van der Waals surface area contributed by atoms with Crippen molar-refractivity contribution < 1.29 is 4.79 Å². The number of nitrogens with one attached hydrogen (secondary N) is 1. The molecule has 3 nitrogen and oxygen atoms in total. The summed E-state index contributed by atoms with van der Waals surface area (Å²) in [7, 11) is 0. The van der Waals surface area contributed by atoms with Crippen LogP contribution in [0.2, 0.25) is 5.15 Å². The number of hydrogen-bond acceptors (Lipinski definition) is 2. The molecule has 0 spiro atoms. The highest BCUT2D eigenvalue weighted by atomic mass is 35.5. The second-order valence-electron chi connectivity index (χ2n) is 5.40. The SMILES string of the molecule is CC1(CNC(=O)c2cccc(Cl)n2)CCCCC1. The van der Waals surface area contributed by atoms with Crippen molar-refractivity contribution in [3.8, 4) is 0 Å². The van der Waals surface area contributed by atoms with Gasteiger partial charge in [0.25, 0.3) is 5.91 Å². The summed E-state index contributed by atoms with van der Waals surface area (Å²) >= 11 is 5.77. The Hall–Kier alpha value is -1.09. The minimum atomic E-state index is -0.135. The fourth-order valence-electron chi connectivity index (χ4n) is 2.50. The lowest BCUT2D eigenvalue weighted by atomic mass is 9.76. The van der Waals surface area contributed by atoms with Crippen LogP contribution in [0.4, 0.5) is 0 Å². The number of halogens is 1. The third-order valence-corrected chi connectivity index (χ3v) is 3.89. The average Bonchev–Trinajstić information content (AvgIpc) is 2.37. The maximum Gasteiger partial charge on any atom is 0.269 e. The van der Waals surface area contributed by atoms with Crippen LogP contribution in [0.5, 0.6) is 0 Å². The van der Waals surface area contributed by atoms with Crippen LogP contribution in [0.1, 0.15) is 49.5 Å². The van der Waals surface area contributed by atoms with E-state index in [0.29, 0.717) is 10.8 Å². The summed E-state index contributed by atoms with van der Waals surface area (Å²) in [5.74, 6) is -0.135. The maximum atomic E-state index is 11.9. The van der Waals surface area contributed by atoms with Crippen molar-refractivity contribution in [2.24, 2.45) is 5.41 Å². The van der Waals surface area contributed by atoms with E-state index in [4.69, 9.17) is 11.6 Å². The Morgan fingerprint density at radius 2 is 2.11 bits per heavy atom. The molecular weight excluding hydrogens is 248 g/mol. The van der Waals surface area contributed by atoms with Gasteiger partial charge in [-0.3, -0.25) is 4.79 Å². The Bertz CT molecular complexity index is 428. The first-order chi connectivity index (χ1) is 8.59. The molecule has 1 fully saturated rings. The van der Waals surface area contributed by atoms with Gasteiger partial charge in [0.1, 0.15) is 10.8 Å². The number of carbonyl (C=O) groups excluding carboxylic acids is 1. The van der Waals surface area contributed by atoms with E-state index in [1.165, 1.54) is 32.1 Å². The lowest BCUT2D eigenvalue weighted by Crippen LogP contribution is -2.37. The second-order valence-corrected chi connectivity index (χ2v) is 5.79. The van der Waals surface area contributed by atoms with E-state index in [2.05, 4.69) is 17.2 Å². The highest BCUT2D eigenvalue weighted by Crippen LogP contribution is 2.34. The second kappa shape index (κ2) is 5.70. The number of carbonyl (C=O) groups is 1. The van der Waals surface area contributed by atoms with E-state index in [1.54, 1.807) is 18.2 Å². The van der Waals surface area contributed by atoms with E-state index in [9.17, 15) is 4.79 Å². The Morgan fingerprint density at radius 3 is 2.78 bits per heavy atom. The van der Waals surface area contributed by atoms with E-state index in [-0.39, 0.29) is 11.3 Å². The molecule has 0 saturated heterocycles. The summed E-state index contributed by atoms with van der Waals surface area (Å²) < 4.78 is 0. The van der Waals surface area contributed by atoms with Gasteiger partial charge >= 0.3 is 0 Å². The number of aromatic nitrogens is 1. The van der Waals surface area contributed by atoms with Gasteiger partial charge in [-0.05, 0) is 30.4 Å². The largest absolute Gasteiger partial charge is 0.350 e. The van der Waals surface area contributed by atoms with Gasteiger partial charge in [-0.2, -0.15) is 0 Å². The van der Waals surface area contributed by atoms with Crippen LogP contribution in [-0.2, 0) is 0 Å². The van der Waals surface area contributed by atoms with Crippen molar-refractivity contribution in [1.29, 1.82) is 0 Å². The van der Waals surface area contributed by atoms with E-state index in [0.717, 1.165) is 6.54 Å². The van der Waals surface area contributed by atoms with Gasteiger partial charge in [-0.25, -0.2) is 4.98 Å². The van der Waals surface area contributed by atoms with Crippen LogP contribution < -0.4 is 5.32 Å². The Morgan fingerprint density at radius 1 is 1.39 bits per heavy atom. The van der Waals surface area contributed by atoms with Crippen molar-refractivity contribution in [3.63, 3.8) is 0 Å². The molecule has 2 rings (SSSR count). The van der Waals surface area contributed by atoms with Crippen LogP contribution in [0, 0.1) is 5.41 Å². The summed E-state index contributed by atoms with van der Waals surface area (Å²) in [6, 6.07) is 5.10.